The standard InChI is InChI=1S/C25H26ClNO3/c1-4-18-8-6-7-9-23(18)27-25(28)19-10-13-24(29-5-2)20(15-19)16-30-21-11-12-22(26)17(3)14-21/h6-15H,4-5,16H2,1-3H3,(H,27,28). The van der Waals surface area contributed by atoms with Crippen LogP contribution >= 0.6 is 11.6 Å². The second kappa shape index (κ2) is 10.2. The Labute approximate surface area is 182 Å². The molecule has 0 fully saturated rings. The lowest BCUT2D eigenvalue weighted by Gasteiger charge is -2.14. The molecule has 3 aromatic carbocycles. The number of halogens is 1. The van der Waals surface area contributed by atoms with Gasteiger partial charge in [-0.1, -0.05) is 36.7 Å². The van der Waals surface area contributed by atoms with Crippen LogP contribution < -0.4 is 14.8 Å². The van der Waals surface area contributed by atoms with E-state index in [4.69, 9.17) is 21.1 Å². The molecule has 0 atom stereocenters. The summed E-state index contributed by atoms with van der Waals surface area (Å²) in [6.45, 7) is 6.73. The Kier molecular flexibility index (Phi) is 7.36. The minimum Gasteiger partial charge on any atom is -0.493 e. The molecular formula is C25H26ClNO3. The van der Waals surface area contributed by atoms with Gasteiger partial charge in [0.25, 0.3) is 5.91 Å². The van der Waals surface area contributed by atoms with E-state index in [0.29, 0.717) is 28.7 Å². The van der Waals surface area contributed by atoms with Gasteiger partial charge in [-0.05, 0) is 73.9 Å². The lowest BCUT2D eigenvalue weighted by Crippen LogP contribution is -2.14. The van der Waals surface area contributed by atoms with E-state index in [0.717, 1.165) is 28.8 Å². The highest BCUT2D eigenvalue weighted by molar-refractivity contribution is 6.31. The molecule has 1 amide bonds. The number of anilines is 1. The van der Waals surface area contributed by atoms with Gasteiger partial charge in [0.05, 0.1) is 6.61 Å². The van der Waals surface area contributed by atoms with Crippen LogP contribution in [0.4, 0.5) is 5.69 Å². The molecule has 0 heterocycles. The molecular weight excluding hydrogens is 398 g/mol. The Morgan fingerprint density at radius 1 is 0.967 bits per heavy atom. The number of rotatable bonds is 8. The molecule has 0 saturated carbocycles. The molecule has 156 valence electrons. The summed E-state index contributed by atoms with van der Waals surface area (Å²) in [4.78, 5) is 12.9. The maximum atomic E-state index is 12.9. The van der Waals surface area contributed by atoms with Crippen LogP contribution in [0, 0.1) is 6.92 Å². The molecule has 0 aliphatic heterocycles. The summed E-state index contributed by atoms with van der Waals surface area (Å²) in [5.41, 5.74) is 4.23. The average molecular weight is 424 g/mol. The predicted octanol–water partition coefficient (Wildman–Crippen LogP) is 6.44. The van der Waals surface area contributed by atoms with Gasteiger partial charge in [-0.3, -0.25) is 4.79 Å². The Morgan fingerprint density at radius 2 is 1.77 bits per heavy atom. The van der Waals surface area contributed by atoms with E-state index in [-0.39, 0.29) is 12.5 Å². The van der Waals surface area contributed by atoms with Crippen LogP contribution in [0.1, 0.15) is 40.9 Å². The van der Waals surface area contributed by atoms with Crippen molar-refractivity contribution in [3.05, 3.63) is 87.9 Å². The quantitative estimate of drug-likeness (QED) is 0.453. The van der Waals surface area contributed by atoms with Gasteiger partial charge in [-0.25, -0.2) is 0 Å². The molecule has 0 saturated heterocycles. The number of benzene rings is 3. The van der Waals surface area contributed by atoms with Gasteiger partial charge in [-0.15, -0.1) is 0 Å². The predicted molar refractivity (Wildman–Crippen MR) is 122 cm³/mol. The van der Waals surface area contributed by atoms with E-state index in [2.05, 4.69) is 12.2 Å². The van der Waals surface area contributed by atoms with Gasteiger partial charge < -0.3 is 14.8 Å². The van der Waals surface area contributed by atoms with Crippen LogP contribution in [-0.4, -0.2) is 12.5 Å². The van der Waals surface area contributed by atoms with E-state index in [1.165, 1.54) is 0 Å². The zero-order valence-electron chi connectivity index (χ0n) is 17.5. The number of hydrogen-bond acceptors (Lipinski definition) is 3. The molecule has 3 aromatic rings. The maximum absolute atomic E-state index is 12.9. The average Bonchev–Trinajstić information content (AvgIpc) is 2.76. The topological polar surface area (TPSA) is 47.6 Å². The third-order valence-electron chi connectivity index (χ3n) is 4.79. The number of amides is 1. The summed E-state index contributed by atoms with van der Waals surface area (Å²) in [5.74, 6) is 1.25. The van der Waals surface area contributed by atoms with Crippen molar-refractivity contribution in [2.75, 3.05) is 11.9 Å². The molecule has 30 heavy (non-hydrogen) atoms. The number of carbonyl (C=O) groups excluding carboxylic acids is 1. The molecule has 0 aliphatic rings. The first-order chi connectivity index (χ1) is 14.5. The smallest absolute Gasteiger partial charge is 0.255 e. The van der Waals surface area contributed by atoms with Crippen LogP contribution in [0.2, 0.25) is 5.02 Å². The van der Waals surface area contributed by atoms with E-state index >= 15 is 0 Å². The van der Waals surface area contributed by atoms with Crippen molar-refractivity contribution in [1.29, 1.82) is 0 Å². The Hall–Kier alpha value is -2.98. The molecule has 0 aromatic heterocycles. The summed E-state index contributed by atoms with van der Waals surface area (Å²) in [5, 5.41) is 3.71. The van der Waals surface area contributed by atoms with Gasteiger partial charge in [0.1, 0.15) is 18.1 Å². The van der Waals surface area contributed by atoms with Gasteiger partial charge in [0.2, 0.25) is 0 Å². The zero-order chi connectivity index (χ0) is 21.5. The largest absolute Gasteiger partial charge is 0.493 e. The van der Waals surface area contributed by atoms with E-state index in [9.17, 15) is 4.79 Å². The van der Waals surface area contributed by atoms with Crippen molar-refractivity contribution in [3.63, 3.8) is 0 Å². The third-order valence-corrected chi connectivity index (χ3v) is 5.22. The molecule has 3 rings (SSSR count). The highest BCUT2D eigenvalue weighted by Gasteiger charge is 2.13. The van der Waals surface area contributed by atoms with Gasteiger partial charge in [-0.2, -0.15) is 0 Å². The first-order valence-electron chi connectivity index (χ1n) is 10.1. The maximum Gasteiger partial charge on any atom is 0.255 e. The zero-order valence-corrected chi connectivity index (χ0v) is 18.3. The molecule has 0 unspecified atom stereocenters. The summed E-state index contributed by atoms with van der Waals surface area (Å²) < 4.78 is 11.7. The SMILES string of the molecule is CCOc1ccc(C(=O)Nc2ccccc2CC)cc1COc1ccc(Cl)c(C)c1. The highest BCUT2D eigenvalue weighted by Crippen LogP contribution is 2.26. The molecule has 0 aliphatic carbocycles. The summed E-state index contributed by atoms with van der Waals surface area (Å²) in [6.07, 6.45) is 0.847. The van der Waals surface area contributed by atoms with E-state index < -0.39 is 0 Å². The molecule has 0 bridgehead atoms. The van der Waals surface area contributed by atoms with Crippen LogP contribution in [0.25, 0.3) is 0 Å². The lowest BCUT2D eigenvalue weighted by atomic mass is 10.1. The van der Waals surface area contributed by atoms with Crippen LogP contribution in [0.5, 0.6) is 11.5 Å². The fourth-order valence-electron chi connectivity index (χ4n) is 3.14. The molecule has 4 nitrogen and oxygen atoms in total. The molecule has 1 N–H and O–H groups in total. The first-order valence-corrected chi connectivity index (χ1v) is 10.4. The minimum atomic E-state index is -0.164. The second-order valence-corrected chi connectivity index (χ2v) is 7.33. The number of ether oxygens (including phenoxy) is 2. The van der Waals surface area contributed by atoms with Crippen LogP contribution in [0.3, 0.4) is 0 Å². The summed E-state index contributed by atoms with van der Waals surface area (Å²) in [7, 11) is 0. The highest BCUT2D eigenvalue weighted by atomic mass is 35.5. The fraction of sp³-hybridized carbons (Fsp3) is 0.240. The van der Waals surface area contributed by atoms with Gasteiger partial charge >= 0.3 is 0 Å². The van der Waals surface area contributed by atoms with Crippen molar-refractivity contribution in [3.8, 4) is 11.5 Å². The van der Waals surface area contributed by atoms with Crippen LogP contribution in [0.15, 0.2) is 60.7 Å². The second-order valence-electron chi connectivity index (χ2n) is 6.92. The molecule has 5 heteroatoms. The van der Waals surface area contributed by atoms with Crippen molar-refractivity contribution >= 4 is 23.2 Å². The molecule has 0 radical (unpaired) electrons. The Balaban J connectivity index is 1.80. The normalized spacial score (nSPS) is 10.5. The lowest BCUT2D eigenvalue weighted by molar-refractivity contribution is 0.102. The van der Waals surface area contributed by atoms with Crippen molar-refractivity contribution < 1.29 is 14.3 Å². The number of carbonyl (C=O) groups is 1. The fourth-order valence-corrected chi connectivity index (χ4v) is 3.26. The van der Waals surface area contributed by atoms with Gasteiger partial charge in [0.15, 0.2) is 0 Å². The van der Waals surface area contributed by atoms with Crippen LogP contribution in [-0.2, 0) is 13.0 Å². The summed E-state index contributed by atoms with van der Waals surface area (Å²) in [6, 6.07) is 18.7. The van der Waals surface area contributed by atoms with Crippen molar-refractivity contribution in [1.82, 2.24) is 0 Å². The van der Waals surface area contributed by atoms with Gasteiger partial charge in [0, 0.05) is 21.8 Å². The minimum absolute atomic E-state index is 0.164. The number of nitrogens with one attached hydrogen (secondary N) is 1. The molecule has 0 spiro atoms. The summed E-state index contributed by atoms with van der Waals surface area (Å²) >= 11 is 6.09. The first kappa shape index (κ1) is 21.7. The monoisotopic (exact) mass is 423 g/mol. The third kappa shape index (κ3) is 5.33. The van der Waals surface area contributed by atoms with E-state index in [1.807, 2.05) is 68.4 Å². The number of aryl methyl sites for hydroxylation is 2. The Morgan fingerprint density at radius 3 is 2.50 bits per heavy atom. The number of hydrogen-bond donors (Lipinski definition) is 1. The number of para-hydroxylation sites is 1. The van der Waals surface area contributed by atoms with E-state index in [1.54, 1.807) is 6.07 Å². The Bertz CT molecular complexity index is 1030. The van der Waals surface area contributed by atoms with Crippen molar-refractivity contribution in [2.24, 2.45) is 0 Å². The van der Waals surface area contributed by atoms with Crippen molar-refractivity contribution in [2.45, 2.75) is 33.8 Å².